The monoisotopic (exact) mass is 177 g/mol. The molecule has 0 amide bonds. The Kier molecular flexibility index (Phi) is 2.59. The van der Waals surface area contributed by atoms with Gasteiger partial charge in [0.25, 0.3) is 0 Å². The van der Waals surface area contributed by atoms with Crippen LogP contribution in [0.2, 0.25) is 5.15 Å². The summed E-state index contributed by atoms with van der Waals surface area (Å²) in [5, 5.41) is 3.53. The van der Waals surface area contributed by atoms with Gasteiger partial charge in [0.15, 0.2) is 5.15 Å². The van der Waals surface area contributed by atoms with Crippen LogP contribution in [-0.4, -0.2) is 15.8 Å². The largest absolute Gasteiger partial charge is 0.312 e. The molecule has 0 bridgehead atoms. The van der Waals surface area contributed by atoms with E-state index in [-0.39, 0.29) is 6.04 Å². The van der Waals surface area contributed by atoms with E-state index in [1.165, 1.54) is 0 Å². The maximum atomic E-state index is 5.71. The summed E-state index contributed by atoms with van der Waals surface area (Å²) in [6, 6.07) is 0.186. The minimum atomic E-state index is 0.186. The molecule has 1 N–H and O–H groups in total. The van der Waals surface area contributed by atoms with Gasteiger partial charge in [-0.05, 0) is 14.0 Å². The smallest absolute Gasteiger partial charge is 0.167 e. The number of hydrogen-bond acceptors (Lipinski definition) is 4. The van der Waals surface area contributed by atoms with Crippen LogP contribution in [-0.2, 0) is 0 Å². The Labute approximate surface area is 68.7 Å². The van der Waals surface area contributed by atoms with Gasteiger partial charge < -0.3 is 5.32 Å². The van der Waals surface area contributed by atoms with E-state index in [9.17, 15) is 0 Å². The van der Waals surface area contributed by atoms with E-state index in [1.807, 2.05) is 14.0 Å². The minimum Gasteiger partial charge on any atom is -0.312 e. The van der Waals surface area contributed by atoms with E-state index in [2.05, 4.69) is 14.1 Å². The summed E-state index contributed by atoms with van der Waals surface area (Å²) in [6.45, 7) is 1.99. The molecule has 1 unspecified atom stereocenters. The molecule has 0 spiro atoms. The van der Waals surface area contributed by atoms with Crippen molar-refractivity contribution in [3.8, 4) is 0 Å². The summed E-state index contributed by atoms with van der Waals surface area (Å²) in [4.78, 5) is 0. The zero-order chi connectivity index (χ0) is 7.56. The van der Waals surface area contributed by atoms with Crippen LogP contribution < -0.4 is 5.32 Å². The van der Waals surface area contributed by atoms with Crippen molar-refractivity contribution in [1.29, 1.82) is 0 Å². The fourth-order valence-corrected chi connectivity index (χ4v) is 1.47. The van der Waals surface area contributed by atoms with Crippen LogP contribution in [0.4, 0.5) is 0 Å². The van der Waals surface area contributed by atoms with Gasteiger partial charge in [0.2, 0.25) is 0 Å². The van der Waals surface area contributed by atoms with Crippen molar-refractivity contribution in [1.82, 2.24) is 14.1 Å². The molecule has 1 aromatic rings. The summed E-state index contributed by atoms with van der Waals surface area (Å²) in [5.41, 5.74) is 0.828. The lowest BCUT2D eigenvalue weighted by Gasteiger charge is -2.04. The Bertz CT molecular complexity index is 212. The fraction of sp³-hybridized carbons (Fsp3) is 0.600. The highest BCUT2D eigenvalue weighted by Gasteiger charge is 2.10. The third-order valence-corrected chi connectivity index (χ3v) is 2.24. The minimum absolute atomic E-state index is 0.186. The summed E-state index contributed by atoms with van der Waals surface area (Å²) < 4.78 is 7.86. The molecule has 0 aliphatic heterocycles. The maximum absolute atomic E-state index is 5.71. The van der Waals surface area contributed by atoms with E-state index in [4.69, 9.17) is 11.6 Å². The van der Waals surface area contributed by atoms with Crippen LogP contribution in [0, 0.1) is 0 Å². The molecule has 56 valence electrons. The van der Waals surface area contributed by atoms with Crippen molar-refractivity contribution in [3.63, 3.8) is 0 Å². The standard InChI is InChI=1S/C5H8ClN3S/c1-3(7-2)4-5(6)9-10-8-4/h3,7H,1-2H3. The second-order valence-electron chi connectivity index (χ2n) is 1.95. The molecule has 5 heteroatoms. The van der Waals surface area contributed by atoms with Gasteiger partial charge in [-0.1, -0.05) is 11.6 Å². The lowest BCUT2D eigenvalue weighted by atomic mass is 10.3. The maximum Gasteiger partial charge on any atom is 0.167 e. The van der Waals surface area contributed by atoms with Crippen molar-refractivity contribution in [2.75, 3.05) is 7.05 Å². The van der Waals surface area contributed by atoms with Gasteiger partial charge in [0, 0.05) is 0 Å². The van der Waals surface area contributed by atoms with E-state index < -0.39 is 0 Å². The molecule has 0 aliphatic carbocycles. The predicted octanol–water partition coefficient (Wildman–Crippen LogP) is 1.47. The van der Waals surface area contributed by atoms with E-state index in [1.54, 1.807) is 0 Å². The number of aromatic nitrogens is 2. The summed E-state index contributed by atoms with van der Waals surface area (Å²) in [7, 11) is 1.86. The molecule has 1 aromatic heterocycles. The van der Waals surface area contributed by atoms with Gasteiger partial charge in [0.05, 0.1) is 17.8 Å². The molecular formula is C5H8ClN3S. The summed E-state index contributed by atoms with van der Waals surface area (Å²) in [6.07, 6.45) is 0. The zero-order valence-electron chi connectivity index (χ0n) is 5.76. The molecule has 1 heterocycles. The molecule has 0 aliphatic rings. The van der Waals surface area contributed by atoms with E-state index in [0.29, 0.717) is 5.15 Å². The third-order valence-electron chi connectivity index (χ3n) is 1.31. The normalized spacial score (nSPS) is 13.5. The zero-order valence-corrected chi connectivity index (χ0v) is 7.33. The fourth-order valence-electron chi connectivity index (χ4n) is 0.579. The van der Waals surface area contributed by atoms with Crippen LogP contribution in [0.25, 0.3) is 0 Å². The SMILES string of the molecule is CNC(C)c1nsnc1Cl. The van der Waals surface area contributed by atoms with Crippen molar-refractivity contribution in [2.45, 2.75) is 13.0 Å². The van der Waals surface area contributed by atoms with Gasteiger partial charge in [-0.2, -0.15) is 8.75 Å². The Morgan fingerprint density at radius 3 is 2.70 bits per heavy atom. The van der Waals surface area contributed by atoms with Crippen LogP contribution in [0.3, 0.4) is 0 Å². The molecule has 1 atom stereocenters. The molecule has 0 saturated carbocycles. The number of hydrogen-bond donors (Lipinski definition) is 1. The third kappa shape index (κ3) is 1.45. The van der Waals surface area contributed by atoms with Crippen LogP contribution >= 0.6 is 23.3 Å². The summed E-state index contributed by atoms with van der Waals surface area (Å²) in [5.74, 6) is 0. The lowest BCUT2D eigenvalue weighted by Crippen LogP contribution is -2.12. The quantitative estimate of drug-likeness (QED) is 0.744. The molecule has 0 fully saturated rings. The van der Waals surface area contributed by atoms with Crippen molar-refractivity contribution in [3.05, 3.63) is 10.8 Å². The molecule has 1 rings (SSSR count). The van der Waals surface area contributed by atoms with E-state index >= 15 is 0 Å². The highest BCUT2D eigenvalue weighted by atomic mass is 35.5. The first-order chi connectivity index (χ1) is 4.75. The second kappa shape index (κ2) is 3.27. The van der Waals surface area contributed by atoms with E-state index in [0.717, 1.165) is 17.4 Å². The van der Waals surface area contributed by atoms with Gasteiger partial charge in [-0.25, -0.2) is 0 Å². The molecule has 10 heavy (non-hydrogen) atoms. The number of nitrogens with zero attached hydrogens (tertiary/aromatic N) is 2. The number of halogens is 1. The van der Waals surface area contributed by atoms with Crippen LogP contribution in [0.5, 0.6) is 0 Å². The van der Waals surface area contributed by atoms with Gasteiger partial charge in [-0.3, -0.25) is 0 Å². The Hall–Kier alpha value is -0.190. The Morgan fingerprint density at radius 1 is 1.60 bits per heavy atom. The molecular weight excluding hydrogens is 170 g/mol. The number of rotatable bonds is 2. The first-order valence-corrected chi connectivity index (χ1v) is 4.01. The molecule has 0 saturated heterocycles. The van der Waals surface area contributed by atoms with Crippen molar-refractivity contribution in [2.24, 2.45) is 0 Å². The first kappa shape index (κ1) is 7.91. The average Bonchev–Trinajstić information content (AvgIpc) is 2.34. The Morgan fingerprint density at radius 2 is 2.30 bits per heavy atom. The average molecular weight is 178 g/mol. The predicted molar refractivity (Wildman–Crippen MR) is 42.4 cm³/mol. The van der Waals surface area contributed by atoms with Gasteiger partial charge in [0.1, 0.15) is 5.69 Å². The Balaban J connectivity index is 2.82. The van der Waals surface area contributed by atoms with Crippen LogP contribution in [0.15, 0.2) is 0 Å². The topological polar surface area (TPSA) is 37.8 Å². The molecule has 3 nitrogen and oxygen atoms in total. The second-order valence-corrected chi connectivity index (χ2v) is 2.84. The van der Waals surface area contributed by atoms with Crippen molar-refractivity contribution >= 4 is 23.3 Å². The number of nitrogens with one attached hydrogen (secondary N) is 1. The van der Waals surface area contributed by atoms with Gasteiger partial charge in [-0.15, -0.1) is 0 Å². The highest BCUT2D eigenvalue weighted by Crippen LogP contribution is 2.18. The first-order valence-electron chi connectivity index (χ1n) is 2.91. The lowest BCUT2D eigenvalue weighted by molar-refractivity contribution is 0.639. The van der Waals surface area contributed by atoms with Gasteiger partial charge >= 0.3 is 0 Å². The van der Waals surface area contributed by atoms with Crippen molar-refractivity contribution < 1.29 is 0 Å². The highest BCUT2D eigenvalue weighted by molar-refractivity contribution is 6.99. The summed E-state index contributed by atoms with van der Waals surface area (Å²) >= 11 is 6.85. The molecule has 0 aromatic carbocycles. The molecule has 0 radical (unpaired) electrons. The van der Waals surface area contributed by atoms with Crippen LogP contribution in [0.1, 0.15) is 18.7 Å².